The lowest BCUT2D eigenvalue weighted by Crippen LogP contribution is -2.29. The molecule has 0 rings (SSSR count). The lowest BCUT2D eigenvalue weighted by molar-refractivity contribution is -0.153. The molecule has 0 aliphatic rings. The van der Waals surface area contributed by atoms with Crippen LogP contribution in [0.5, 0.6) is 0 Å². The summed E-state index contributed by atoms with van der Waals surface area (Å²) in [5.41, 5.74) is 0. The van der Waals surface area contributed by atoms with Gasteiger partial charge in [-0.25, -0.2) is 0 Å². The lowest BCUT2D eigenvalue weighted by Gasteiger charge is -2.25. The number of carbonyl (C=O) groups is 4. The number of aliphatic carboxylic acids is 2. The number of rotatable bonds is 12. The Bertz CT molecular complexity index is 417. The molecular formula is C18H32O8. The SMILES string of the molecule is CCCC(OC(C)=O)C(CC)COC(C)=O.O=C(O)CCCCC(=O)O. The smallest absolute Gasteiger partial charge is 0.303 e. The van der Waals surface area contributed by atoms with Crippen LogP contribution in [0.2, 0.25) is 0 Å². The van der Waals surface area contributed by atoms with E-state index in [4.69, 9.17) is 19.7 Å². The third kappa shape index (κ3) is 18.2. The van der Waals surface area contributed by atoms with Crippen LogP contribution >= 0.6 is 0 Å². The number of carbonyl (C=O) groups excluding carboxylic acids is 2. The molecule has 0 aliphatic heterocycles. The molecule has 8 heteroatoms. The molecule has 0 radical (unpaired) electrons. The lowest BCUT2D eigenvalue weighted by atomic mass is 9.96. The average Bonchev–Trinajstić information content (AvgIpc) is 2.52. The van der Waals surface area contributed by atoms with Crippen molar-refractivity contribution in [2.45, 2.75) is 78.7 Å². The Morgan fingerprint density at radius 2 is 1.38 bits per heavy atom. The maximum atomic E-state index is 11.0. The Morgan fingerprint density at radius 1 is 0.885 bits per heavy atom. The van der Waals surface area contributed by atoms with Gasteiger partial charge in [0.05, 0.1) is 6.61 Å². The van der Waals surface area contributed by atoms with Crippen molar-refractivity contribution in [1.29, 1.82) is 0 Å². The van der Waals surface area contributed by atoms with Gasteiger partial charge in [-0.3, -0.25) is 19.2 Å². The number of carboxylic acids is 2. The Balaban J connectivity index is 0. The summed E-state index contributed by atoms with van der Waals surface area (Å²) in [5, 5.41) is 16.3. The molecule has 0 saturated carbocycles. The third-order valence-electron chi connectivity index (χ3n) is 3.47. The molecule has 0 spiro atoms. The fourth-order valence-corrected chi connectivity index (χ4v) is 2.15. The molecule has 152 valence electrons. The second-order valence-corrected chi connectivity index (χ2v) is 5.90. The summed E-state index contributed by atoms with van der Waals surface area (Å²) in [6.45, 7) is 7.15. The van der Waals surface area contributed by atoms with Gasteiger partial charge >= 0.3 is 23.9 Å². The van der Waals surface area contributed by atoms with Crippen LogP contribution < -0.4 is 0 Å². The van der Waals surface area contributed by atoms with Gasteiger partial charge in [0.1, 0.15) is 6.10 Å². The Hall–Kier alpha value is -2.12. The second kappa shape index (κ2) is 16.4. The fourth-order valence-electron chi connectivity index (χ4n) is 2.15. The van der Waals surface area contributed by atoms with E-state index in [1.54, 1.807) is 0 Å². The summed E-state index contributed by atoms with van der Waals surface area (Å²) >= 11 is 0. The van der Waals surface area contributed by atoms with E-state index in [0.717, 1.165) is 19.3 Å². The number of hydrogen-bond acceptors (Lipinski definition) is 6. The molecule has 0 aliphatic carbocycles. The highest BCUT2D eigenvalue weighted by Gasteiger charge is 2.23. The molecule has 0 heterocycles. The van der Waals surface area contributed by atoms with Crippen LogP contribution in [0.4, 0.5) is 0 Å². The first-order valence-corrected chi connectivity index (χ1v) is 8.88. The minimum atomic E-state index is -0.870. The largest absolute Gasteiger partial charge is 0.481 e. The van der Waals surface area contributed by atoms with E-state index in [2.05, 4.69) is 0 Å². The van der Waals surface area contributed by atoms with Crippen LogP contribution in [0, 0.1) is 5.92 Å². The van der Waals surface area contributed by atoms with Crippen molar-refractivity contribution in [2.24, 2.45) is 5.92 Å². The minimum Gasteiger partial charge on any atom is -0.481 e. The van der Waals surface area contributed by atoms with E-state index >= 15 is 0 Å². The number of esters is 2. The Labute approximate surface area is 154 Å². The van der Waals surface area contributed by atoms with Gasteiger partial charge in [0.2, 0.25) is 0 Å². The summed E-state index contributed by atoms with van der Waals surface area (Å²) in [6, 6.07) is 0. The number of ether oxygens (including phenoxy) is 2. The zero-order chi connectivity index (χ0) is 20.5. The first-order valence-electron chi connectivity index (χ1n) is 8.88. The van der Waals surface area contributed by atoms with Crippen LogP contribution in [0.3, 0.4) is 0 Å². The van der Waals surface area contributed by atoms with Crippen molar-refractivity contribution in [3.8, 4) is 0 Å². The molecule has 8 nitrogen and oxygen atoms in total. The topological polar surface area (TPSA) is 127 Å². The normalized spacial score (nSPS) is 12.2. The van der Waals surface area contributed by atoms with Crippen LogP contribution in [-0.4, -0.2) is 46.8 Å². The van der Waals surface area contributed by atoms with Gasteiger partial charge < -0.3 is 19.7 Å². The molecular weight excluding hydrogens is 344 g/mol. The Kier molecular flexibility index (Phi) is 16.4. The predicted octanol–water partition coefficient (Wildman–Crippen LogP) is 3.02. The van der Waals surface area contributed by atoms with E-state index < -0.39 is 11.9 Å². The zero-order valence-corrected chi connectivity index (χ0v) is 16.2. The summed E-state index contributed by atoms with van der Waals surface area (Å²) in [7, 11) is 0. The van der Waals surface area contributed by atoms with Crippen molar-refractivity contribution < 1.29 is 38.9 Å². The minimum absolute atomic E-state index is 0.0628. The van der Waals surface area contributed by atoms with Crippen LogP contribution in [0.15, 0.2) is 0 Å². The first-order chi connectivity index (χ1) is 12.1. The summed E-state index contributed by atoms with van der Waals surface area (Å²) in [4.78, 5) is 41.5. The zero-order valence-electron chi connectivity index (χ0n) is 16.2. The molecule has 0 fully saturated rings. The van der Waals surface area contributed by atoms with Gasteiger partial charge in [-0.1, -0.05) is 20.3 Å². The molecule has 0 amide bonds. The van der Waals surface area contributed by atoms with Gasteiger partial charge in [0.25, 0.3) is 0 Å². The number of carboxylic acid groups (broad SMARTS) is 2. The standard InChI is InChI=1S/C12H22O4.C6H10O4/c1-5-7-12(16-10(4)14)11(6-2)8-15-9(3)13;7-5(8)3-1-2-4-6(9)10/h11-12H,5-8H2,1-4H3;1-4H2,(H,7,8)(H,9,10). The molecule has 26 heavy (non-hydrogen) atoms. The molecule has 0 bridgehead atoms. The van der Waals surface area contributed by atoms with E-state index in [1.165, 1.54) is 13.8 Å². The molecule has 2 unspecified atom stereocenters. The monoisotopic (exact) mass is 376 g/mol. The van der Waals surface area contributed by atoms with E-state index in [0.29, 0.717) is 19.4 Å². The molecule has 2 atom stereocenters. The summed E-state index contributed by atoms with van der Waals surface area (Å²) in [5.74, 6) is -2.22. The highest BCUT2D eigenvalue weighted by Crippen LogP contribution is 2.18. The molecule has 0 saturated heterocycles. The maximum Gasteiger partial charge on any atom is 0.303 e. The second-order valence-electron chi connectivity index (χ2n) is 5.90. The summed E-state index contributed by atoms with van der Waals surface area (Å²) in [6.07, 6.45) is 3.44. The van der Waals surface area contributed by atoms with Crippen molar-refractivity contribution >= 4 is 23.9 Å². The molecule has 2 N–H and O–H groups in total. The third-order valence-corrected chi connectivity index (χ3v) is 3.47. The van der Waals surface area contributed by atoms with Crippen LogP contribution in [0.1, 0.15) is 72.6 Å². The van der Waals surface area contributed by atoms with E-state index in [9.17, 15) is 19.2 Å². The van der Waals surface area contributed by atoms with Gasteiger partial charge in [-0.05, 0) is 25.7 Å². The van der Waals surface area contributed by atoms with E-state index in [1.807, 2.05) is 13.8 Å². The molecule has 0 aromatic rings. The highest BCUT2D eigenvalue weighted by atomic mass is 16.6. The number of hydrogen-bond donors (Lipinski definition) is 2. The average molecular weight is 376 g/mol. The first kappa shape index (κ1) is 26.1. The molecule has 0 aromatic carbocycles. The van der Waals surface area contributed by atoms with Gasteiger partial charge in [-0.2, -0.15) is 0 Å². The fraction of sp³-hybridized carbons (Fsp3) is 0.778. The van der Waals surface area contributed by atoms with Crippen molar-refractivity contribution in [3.05, 3.63) is 0 Å². The van der Waals surface area contributed by atoms with Gasteiger partial charge in [-0.15, -0.1) is 0 Å². The maximum absolute atomic E-state index is 11.0. The van der Waals surface area contributed by atoms with Gasteiger partial charge in [0.15, 0.2) is 0 Å². The van der Waals surface area contributed by atoms with Crippen molar-refractivity contribution in [3.63, 3.8) is 0 Å². The Morgan fingerprint density at radius 3 is 1.69 bits per heavy atom. The van der Waals surface area contributed by atoms with Crippen LogP contribution in [0.25, 0.3) is 0 Å². The molecule has 0 aromatic heterocycles. The van der Waals surface area contributed by atoms with Crippen LogP contribution in [-0.2, 0) is 28.7 Å². The highest BCUT2D eigenvalue weighted by molar-refractivity contribution is 5.68. The van der Waals surface area contributed by atoms with E-state index in [-0.39, 0.29) is 36.8 Å². The van der Waals surface area contributed by atoms with Gasteiger partial charge in [0, 0.05) is 32.6 Å². The summed E-state index contributed by atoms with van der Waals surface area (Å²) < 4.78 is 10.2. The number of unbranched alkanes of at least 4 members (excludes halogenated alkanes) is 1. The quantitative estimate of drug-likeness (QED) is 0.393. The van der Waals surface area contributed by atoms with Crippen molar-refractivity contribution in [1.82, 2.24) is 0 Å². The predicted molar refractivity (Wildman–Crippen MR) is 94.6 cm³/mol. The van der Waals surface area contributed by atoms with Crippen molar-refractivity contribution in [2.75, 3.05) is 6.61 Å².